The van der Waals surface area contributed by atoms with Crippen molar-refractivity contribution in [3.63, 3.8) is 0 Å². The van der Waals surface area contributed by atoms with Crippen molar-refractivity contribution in [1.82, 2.24) is 0 Å². The van der Waals surface area contributed by atoms with Gasteiger partial charge < -0.3 is 0 Å². The van der Waals surface area contributed by atoms with Crippen molar-refractivity contribution < 1.29 is 4.79 Å². The molecule has 2 aliphatic rings. The van der Waals surface area contributed by atoms with Gasteiger partial charge >= 0.3 is 0 Å². The van der Waals surface area contributed by atoms with E-state index in [1.54, 1.807) is 0 Å². The van der Waals surface area contributed by atoms with Crippen molar-refractivity contribution in [1.29, 1.82) is 0 Å². The third-order valence-corrected chi connectivity index (χ3v) is 4.58. The number of ketones is 1. The first-order chi connectivity index (χ1) is 6.98. The molecule has 0 N–H and O–H groups in total. The molecule has 0 unspecified atom stereocenters. The molecule has 0 heterocycles. The highest BCUT2D eigenvalue weighted by Gasteiger charge is 2.41. The van der Waals surface area contributed by atoms with E-state index in [0.717, 1.165) is 12.3 Å². The summed E-state index contributed by atoms with van der Waals surface area (Å²) in [4.78, 5) is 12.1. The maximum atomic E-state index is 12.1. The lowest BCUT2D eigenvalue weighted by atomic mass is 9.61. The summed E-state index contributed by atoms with van der Waals surface area (Å²) in [7, 11) is 0. The van der Waals surface area contributed by atoms with Crippen molar-refractivity contribution in [3.8, 4) is 0 Å². The van der Waals surface area contributed by atoms with Gasteiger partial charge in [0.2, 0.25) is 0 Å². The topological polar surface area (TPSA) is 17.1 Å². The largest absolute Gasteiger partial charge is 0.299 e. The van der Waals surface area contributed by atoms with Crippen LogP contribution in [0.5, 0.6) is 0 Å². The Labute approximate surface area is 93.6 Å². The number of Topliss-reactive ketones (excluding diaryl/α,β-unsaturated/α-hetero) is 1. The van der Waals surface area contributed by atoms with Crippen LogP contribution >= 0.6 is 0 Å². The molecule has 0 aromatic rings. The van der Waals surface area contributed by atoms with E-state index in [4.69, 9.17) is 0 Å². The number of rotatable bonds is 0. The zero-order chi connectivity index (χ0) is 11.1. The molecule has 0 aromatic carbocycles. The van der Waals surface area contributed by atoms with E-state index >= 15 is 0 Å². The molecule has 2 fully saturated rings. The van der Waals surface area contributed by atoms with Gasteiger partial charge in [-0.2, -0.15) is 0 Å². The van der Waals surface area contributed by atoms with Crippen LogP contribution in [0.4, 0.5) is 0 Å². The molecule has 0 radical (unpaired) electrons. The Morgan fingerprint density at radius 3 is 2.47 bits per heavy atom. The van der Waals surface area contributed by atoms with Crippen LogP contribution in [0.15, 0.2) is 0 Å². The number of carbonyl (C=O) groups is 1. The van der Waals surface area contributed by atoms with Gasteiger partial charge in [0.25, 0.3) is 0 Å². The predicted octanol–water partition coefficient (Wildman–Crippen LogP) is 3.82. The lowest BCUT2D eigenvalue weighted by Crippen LogP contribution is -2.39. The Morgan fingerprint density at radius 1 is 1.13 bits per heavy atom. The van der Waals surface area contributed by atoms with E-state index in [9.17, 15) is 4.79 Å². The van der Waals surface area contributed by atoms with E-state index in [2.05, 4.69) is 20.8 Å². The number of fused-ring (bicyclic) bond motifs is 1. The van der Waals surface area contributed by atoms with Gasteiger partial charge in [-0.05, 0) is 36.5 Å². The van der Waals surface area contributed by atoms with Crippen LogP contribution < -0.4 is 0 Å². The second kappa shape index (κ2) is 3.92. The maximum Gasteiger partial charge on any atom is 0.136 e. The van der Waals surface area contributed by atoms with Gasteiger partial charge in [0.1, 0.15) is 5.78 Å². The monoisotopic (exact) mass is 208 g/mol. The van der Waals surface area contributed by atoms with Crippen LogP contribution in [-0.2, 0) is 4.79 Å². The molecular formula is C14H24O. The molecule has 1 heteroatoms. The minimum absolute atomic E-state index is 0.318. The van der Waals surface area contributed by atoms with Gasteiger partial charge in [0.05, 0.1) is 0 Å². The second-order valence-corrected chi connectivity index (χ2v) is 6.62. The predicted molar refractivity (Wildman–Crippen MR) is 62.6 cm³/mol. The van der Waals surface area contributed by atoms with Crippen LogP contribution in [-0.4, -0.2) is 5.78 Å². The Kier molecular flexibility index (Phi) is 2.92. The summed E-state index contributed by atoms with van der Waals surface area (Å²) in [6, 6.07) is 0. The molecule has 0 saturated heterocycles. The second-order valence-electron chi connectivity index (χ2n) is 6.62. The van der Waals surface area contributed by atoms with Gasteiger partial charge in [0.15, 0.2) is 0 Å². The molecule has 2 saturated carbocycles. The summed E-state index contributed by atoms with van der Waals surface area (Å²) in [6.45, 7) is 6.86. The van der Waals surface area contributed by atoms with E-state index in [1.165, 1.54) is 32.1 Å². The van der Waals surface area contributed by atoms with E-state index in [1.807, 2.05) is 0 Å². The van der Waals surface area contributed by atoms with Gasteiger partial charge in [-0.15, -0.1) is 0 Å². The maximum absolute atomic E-state index is 12.1. The van der Waals surface area contributed by atoms with Crippen LogP contribution in [0.25, 0.3) is 0 Å². The number of hydrogen-bond donors (Lipinski definition) is 0. The van der Waals surface area contributed by atoms with Crippen LogP contribution in [0, 0.1) is 23.2 Å². The van der Waals surface area contributed by atoms with Crippen LogP contribution in [0.3, 0.4) is 0 Å². The Morgan fingerprint density at radius 2 is 1.80 bits per heavy atom. The molecule has 1 nitrogen and oxygen atoms in total. The summed E-state index contributed by atoms with van der Waals surface area (Å²) in [6.07, 6.45) is 7.28. The third-order valence-electron chi connectivity index (χ3n) is 4.58. The SMILES string of the molecule is CC(C)(C)[C@H]1CC(=O)[C@@H]2CCCC[C@@H]2C1. The van der Waals surface area contributed by atoms with Crippen molar-refractivity contribution in [3.05, 3.63) is 0 Å². The van der Waals surface area contributed by atoms with Crippen molar-refractivity contribution >= 4 is 5.78 Å². The Balaban J connectivity index is 2.08. The molecule has 2 rings (SSSR count). The fourth-order valence-corrected chi connectivity index (χ4v) is 3.42. The number of carbonyl (C=O) groups excluding carboxylic acids is 1. The van der Waals surface area contributed by atoms with E-state index in [-0.39, 0.29) is 0 Å². The van der Waals surface area contributed by atoms with Crippen molar-refractivity contribution in [2.45, 2.75) is 59.3 Å². The smallest absolute Gasteiger partial charge is 0.136 e. The molecule has 0 spiro atoms. The third kappa shape index (κ3) is 2.26. The summed E-state index contributed by atoms with van der Waals surface area (Å²) < 4.78 is 0. The lowest BCUT2D eigenvalue weighted by molar-refractivity contribution is -0.131. The molecular weight excluding hydrogens is 184 g/mol. The molecule has 15 heavy (non-hydrogen) atoms. The molecule has 2 aliphatic carbocycles. The summed E-state index contributed by atoms with van der Waals surface area (Å²) in [5, 5.41) is 0. The van der Waals surface area contributed by atoms with Gasteiger partial charge in [-0.3, -0.25) is 4.79 Å². The molecule has 0 aliphatic heterocycles. The minimum Gasteiger partial charge on any atom is -0.299 e. The normalized spacial score (nSPS) is 37.5. The highest BCUT2D eigenvalue weighted by molar-refractivity contribution is 5.82. The zero-order valence-corrected chi connectivity index (χ0v) is 10.4. The number of hydrogen-bond acceptors (Lipinski definition) is 1. The van der Waals surface area contributed by atoms with Gasteiger partial charge in [-0.25, -0.2) is 0 Å². The first kappa shape index (κ1) is 11.2. The summed E-state index contributed by atoms with van der Waals surface area (Å²) >= 11 is 0. The minimum atomic E-state index is 0.318. The van der Waals surface area contributed by atoms with E-state index in [0.29, 0.717) is 23.0 Å². The Bertz CT molecular complexity index is 249. The zero-order valence-electron chi connectivity index (χ0n) is 10.4. The molecule has 86 valence electrons. The standard InChI is InChI=1S/C14H24O/c1-14(2,3)11-8-10-6-4-5-7-12(10)13(15)9-11/h10-12H,4-9H2,1-3H3/t10-,11-,12-/m1/s1. The first-order valence-corrected chi connectivity index (χ1v) is 6.51. The van der Waals surface area contributed by atoms with E-state index < -0.39 is 0 Å². The summed E-state index contributed by atoms with van der Waals surface area (Å²) in [5.74, 6) is 2.37. The highest BCUT2D eigenvalue weighted by Crippen LogP contribution is 2.46. The Hall–Kier alpha value is -0.330. The molecule has 0 aromatic heterocycles. The molecule has 0 bridgehead atoms. The average Bonchev–Trinajstić information content (AvgIpc) is 2.16. The molecule has 0 amide bonds. The first-order valence-electron chi connectivity index (χ1n) is 6.51. The quantitative estimate of drug-likeness (QED) is 0.591. The van der Waals surface area contributed by atoms with Crippen LogP contribution in [0.2, 0.25) is 0 Å². The highest BCUT2D eigenvalue weighted by atomic mass is 16.1. The fraction of sp³-hybridized carbons (Fsp3) is 0.929. The van der Waals surface area contributed by atoms with Crippen molar-refractivity contribution in [2.24, 2.45) is 23.2 Å². The molecule has 3 atom stereocenters. The van der Waals surface area contributed by atoms with Crippen LogP contribution in [0.1, 0.15) is 59.3 Å². The lowest BCUT2D eigenvalue weighted by Gasteiger charge is -2.42. The van der Waals surface area contributed by atoms with Gasteiger partial charge in [-0.1, -0.05) is 33.6 Å². The fourth-order valence-electron chi connectivity index (χ4n) is 3.42. The average molecular weight is 208 g/mol. The summed E-state index contributed by atoms with van der Waals surface area (Å²) in [5.41, 5.74) is 0.318. The van der Waals surface area contributed by atoms with Crippen molar-refractivity contribution in [2.75, 3.05) is 0 Å². The van der Waals surface area contributed by atoms with Gasteiger partial charge in [0, 0.05) is 12.3 Å².